The molecule has 2 heteroatoms. The summed E-state index contributed by atoms with van der Waals surface area (Å²) in [5.41, 5.74) is 0. The topological polar surface area (TPSA) is 20.2 Å². The Kier molecular flexibility index (Phi) is 26.8. The molecule has 0 heterocycles. The zero-order valence-electron chi connectivity index (χ0n) is 24.6. The fourth-order valence-corrected chi connectivity index (χ4v) is 10.5. The van der Waals surface area contributed by atoms with Crippen molar-refractivity contribution in [1.29, 1.82) is 0 Å². The van der Waals surface area contributed by atoms with E-state index in [0.717, 1.165) is 6.42 Å². The molecule has 0 saturated heterocycles. The van der Waals surface area contributed by atoms with Gasteiger partial charge < -0.3 is 5.11 Å². The van der Waals surface area contributed by atoms with E-state index in [2.05, 4.69) is 27.7 Å². The average Bonchev–Trinajstić information content (AvgIpc) is 2.84. The predicted octanol–water partition coefficient (Wildman–Crippen LogP) is 11.8. The van der Waals surface area contributed by atoms with E-state index >= 15 is 0 Å². The lowest BCUT2D eigenvalue weighted by atomic mass is 10.1. The Bertz CT molecular complexity index is 342. The molecule has 0 aliphatic heterocycles. The Morgan fingerprint density at radius 1 is 0.382 bits per heavy atom. The Hall–Kier alpha value is 0.390. The van der Waals surface area contributed by atoms with Crippen molar-refractivity contribution in [2.24, 2.45) is 0 Å². The summed E-state index contributed by atoms with van der Waals surface area (Å²) < 4.78 is 0. The lowest BCUT2D eigenvalue weighted by Gasteiger charge is -2.33. The third kappa shape index (κ3) is 19.6. The summed E-state index contributed by atoms with van der Waals surface area (Å²) in [6.45, 7) is 9.24. The van der Waals surface area contributed by atoms with Gasteiger partial charge in [-0.2, -0.15) is 0 Å². The highest BCUT2D eigenvalue weighted by molar-refractivity contribution is 7.76. The maximum absolute atomic E-state index is 11.7. The number of aliphatic hydroxyl groups is 1. The Morgan fingerprint density at radius 2 is 0.647 bits per heavy atom. The molecule has 1 unspecified atom stereocenters. The Labute approximate surface area is 218 Å². The second-order valence-corrected chi connectivity index (χ2v) is 15.8. The van der Waals surface area contributed by atoms with Crippen molar-refractivity contribution >= 4 is 7.26 Å². The second-order valence-electron chi connectivity index (χ2n) is 11.4. The first kappa shape index (κ1) is 34.4. The van der Waals surface area contributed by atoms with E-state index in [1.165, 1.54) is 166 Å². The molecule has 0 spiro atoms. The van der Waals surface area contributed by atoms with Gasteiger partial charge in [-0.1, -0.05) is 130 Å². The predicted molar refractivity (Wildman–Crippen MR) is 161 cm³/mol. The largest absolute Gasteiger partial charge is 0.359 e. The summed E-state index contributed by atoms with van der Waals surface area (Å²) in [5.74, 6) is 0.0380. The smallest absolute Gasteiger partial charge is 0.164 e. The zero-order valence-corrected chi connectivity index (χ0v) is 25.5. The van der Waals surface area contributed by atoms with Gasteiger partial charge >= 0.3 is 0 Å². The molecule has 0 bridgehead atoms. The molecule has 0 radical (unpaired) electrons. The first-order valence-electron chi connectivity index (χ1n) is 16.2. The standard InChI is InChI=1S/C32H68OP/c1-5-9-13-17-21-25-29-34(30-26-22-18-14-10-6-2,31-27-23-19-15-11-7-3)32(33)28-24-20-16-12-8-4/h32-33H,5-31H2,1-4H3/q+1. The lowest BCUT2D eigenvalue weighted by molar-refractivity contribution is 0.236. The van der Waals surface area contributed by atoms with Crippen LogP contribution in [0.3, 0.4) is 0 Å². The van der Waals surface area contributed by atoms with Crippen LogP contribution < -0.4 is 0 Å². The van der Waals surface area contributed by atoms with Crippen LogP contribution in [-0.2, 0) is 0 Å². The maximum Gasteiger partial charge on any atom is 0.164 e. The highest BCUT2D eigenvalue weighted by Crippen LogP contribution is 2.65. The normalized spacial score (nSPS) is 13.0. The van der Waals surface area contributed by atoms with E-state index in [0.29, 0.717) is 0 Å². The quantitative estimate of drug-likeness (QED) is 0.0838. The molecule has 0 aliphatic rings. The van der Waals surface area contributed by atoms with Crippen molar-refractivity contribution in [3.05, 3.63) is 0 Å². The first-order chi connectivity index (χ1) is 16.7. The van der Waals surface area contributed by atoms with E-state index in [-0.39, 0.29) is 5.85 Å². The molecule has 1 nitrogen and oxygen atoms in total. The Balaban J connectivity index is 4.97. The van der Waals surface area contributed by atoms with Crippen LogP contribution in [0.1, 0.15) is 182 Å². The van der Waals surface area contributed by atoms with Gasteiger partial charge in [0, 0.05) is 13.7 Å². The van der Waals surface area contributed by atoms with E-state index in [1.807, 2.05) is 0 Å². The highest BCUT2D eigenvalue weighted by atomic mass is 31.2. The van der Waals surface area contributed by atoms with Crippen LogP contribution in [0.5, 0.6) is 0 Å². The van der Waals surface area contributed by atoms with Gasteiger partial charge in [0.2, 0.25) is 0 Å². The van der Waals surface area contributed by atoms with Crippen LogP contribution in [0, 0.1) is 0 Å². The summed E-state index contributed by atoms with van der Waals surface area (Å²) >= 11 is 0. The zero-order chi connectivity index (χ0) is 25.2. The van der Waals surface area contributed by atoms with Crippen LogP contribution in [0.2, 0.25) is 0 Å². The molecule has 0 aromatic rings. The van der Waals surface area contributed by atoms with Crippen molar-refractivity contribution in [1.82, 2.24) is 0 Å². The summed E-state index contributed by atoms with van der Waals surface area (Å²) in [7, 11) is -1.25. The van der Waals surface area contributed by atoms with Crippen LogP contribution in [0.25, 0.3) is 0 Å². The van der Waals surface area contributed by atoms with E-state index < -0.39 is 7.26 Å². The van der Waals surface area contributed by atoms with Gasteiger partial charge in [0.15, 0.2) is 5.85 Å². The Morgan fingerprint density at radius 3 is 0.971 bits per heavy atom. The molecular weight excluding hydrogens is 431 g/mol. The van der Waals surface area contributed by atoms with Crippen molar-refractivity contribution in [3.8, 4) is 0 Å². The monoisotopic (exact) mass is 500 g/mol. The molecule has 0 aromatic heterocycles. The van der Waals surface area contributed by atoms with Gasteiger partial charge in [-0.05, 0) is 44.9 Å². The van der Waals surface area contributed by atoms with Crippen LogP contribution >= 0.6 is 7.26 Å². The molecule has 0 saturated carbocycles. The maximum atomic E-state index is 11.7. The van der Waals surface area contributed by atoms with Gasteiger partial charge in [-0.25, -0.2) is 0 Å². The fraction of sp³-hybridized carbons (Fsp3) is 1.00. The summed E-state index contributed by atoms with van der Waals surface area (Å²) in [4.78, 5) is 0. The lowest BCUT2D eigenvalue weighted by Crippen LogP contribution is -2.22. The molecular formula is C32H68OP+. The molecule has 0 rings (SSSR count). The molecule has 0 amide bonds. The molecule has 1 atom stereocenters. The third-order valence-corrected chi connectivity index (χ3v) is 13.2. The molecule has 0 aliphatic carbocycles. The molecule has 206 valence electrons. The van der Waals surface area contributed by atoms with E-state index in [1.54, 1.807) is 0 Å². The molecule has 0 fully saturated rings. The highest BCUT2D eigenvalue weighted by Gasteiger charge is 2.42. The SMILES string of the molecule is CCCCCCCC[P+](CCCCCCCC)(CCCCCCCC)C(O)CCCCCCC. The minimum absolute atomic E-state index is 0.0380. The van der Waals surface area contributed by atoms with Crippen molar-refractivity contribution in [2.75, 3.05) is 18.5 Å². The second kappa shape index (κ2) is 26.5. The van der Waals surface area contributed by atoms with Crippen molar-refractivity contribution in [2.45, 2.75) is 188 Å². The van der Waals surface area contributed by atoms with Gasteiger partial charge in [-0.3, -0.25) is 0 Å². The van der Waals surface area contributed by atoms with Crippen molar-refractivity contribution < 1.29 is 5.11 Å². The minimum Gasteiger partial charge on any atom is -0.359 e. The number of hydrogen-bond donors (Lipinski definition) is 1. The molecule has 34 heavy (non-hydrogen) atoms. The van der Waals surface area contributed by atoms with E-state index in [9.17, 15) is 5.11 Å². The van der Waals surface area contributed by atoms with Crippen LogP contribution in [0.15, 0.2) is 0 Å². The molecule has 0 aromatic carbocycles. The van der Waals surface area contributed by atoms with Gasteiger partial charge in [0.05, 0.1) is 18.5 Å². The first-order valence-corrected chi connectivity index (χ1v) is 18.6. The number of hydrogen-bond acceptors (Lipinski definition) is 1. The van der Waals surface area contributed by atoms with Gasteiger partial charge in [0.25, 0.3) is 0 Å². The van der Waals surface area contributed by atoms with Crippen LogP contribution in [-0.4, -0.2) is 29.4 Å². The van der Waals surface area contributed by atoms with Crippen molar-refractivity contribution in [3.63, 3.8) is 0 Å². The average molecular weight is 500 g/mol. The summed E-state index contributed by atoms with van der Waals surface area (Å²) in [5, 5.41) is 11.7. The molecule has 1 N–H and O–H groups in total. The number of aliphatic hydroxyl groups excluding tert-OH is 1. The van der Waals surface area contributed by atoms with E-state index in [4.69, 9.17) is 0 Å². The van der Waals surface area contributed by atoms with Gasteiger partial charge in [0.1, 0.15) is 0 Å². The number of unbranched alkanes of at least 4 members (excludes halogenated alkanes) is 19. The minimum atomic E-state index is -1.25. The van der Waals surface area contributed by atoms with Crippen LogP contribution in [0.4, 0.5) is 0 Å². The summed E-state index contributed by atoms with van der Waals surface area (Å²) in [6, 6.07) is 0. The summed E-state index contributed by atoms with van der Waals surface area (Å²) in [6.07, 6.45) is 36.9. The number of rotatable bonds is 28. The fourth-order valence-electron chi connectivity index (χ4n) is 5.61. The third-order valence-electron chi connectivity index (χ3n) is 8.07. The van der Waals surface area contributed by atoms with Gasteiger partial charge in [-0.15, -0.1) is 0 Å².